The van der Waals surface area contributed by atoms with Crippen molar-refractivity contribution in [1.29, 1.82) is 0 Å². The van der Waals surface area contributed by atoms with Crippen LogP contribution in [0.2, 0.25) is 0 Å². The molecule has 0 aromatic heterocycles. The molecule has 1 aromatic carbocycles. The molecule has 1 rings (SSSR count). The fraction of sp³-hybridized carbons (Fsp3) is 0.600. The first-order chi connectivity index (χ1) is 8.58. The van der Waals surface area contributed by atoms with Gasteiger partial charge in [0, 0.05) is 24.7 Å². The Kier molecular flexibility index (Phi) is 6.51. The Morgan fingerprint density at radius 3 is 2.44 bits per heavy atom. The second-order valence-corrected chi connectivity index (χ2v) is 5.27. The predicted molar refractivity (Wildman–Crippen MR) is 81.8 cm³/mol. The molecule has 0 saturated carbocycles. The molecule has 0 saturated heterocycles. The molecule has 0 bridgehead atoms. The minimum absolute atomic E-state index is 0.585. The molecule has 0 atom stereocenters. The van der Waals surface area contributed by atoms with E-state index >= 15 is 0 Å². The predicted octanol–water partition coefficient (Wildman–Crippen LogP) is 3.51. The molecule has 0 N–H and O–H groups in total. The zero-order valence-corrected chi connectivity index (χ0v) is 12.8. The van der Waals surface area contributed by atoms with E-state index in [1.807, 2.05) is 0 Å². The van der Waals surface area contributed by atoms with Crippen LogP contribution in [-0.4, -0.2) is 38.6 Å². The Morgan fingerprint density at radius 1 is 1.17 bits per heavy atom. The van der Waals surface area contributed by atoms with Crippen LogP contribution in [0.1, 0.15) is 24.5 Å². The second-order valence-electron chi connectivity index (χ2n) is 5.00. The van der Waals surface area contributed by atoms with E-state index in [0.29, 0.717) is 5.88 Å². The molecule has 2 nitrogen and oxygen atoms in total. The molecular weight excluding hydrogens is 244 g/mol. The van der Waals surface area contributed by atoms with Gasteiger partial charge in [-0.15, -0.1) is 11.6 Å². The highest BCUT2D eigenvalue weighted by Crippen LogP contribution is 2.23. The molecule has 0 aliphatic rings. The quantitative estimate of drug-likeness (QED) is 0.699. The number of hydrogen-bond acceptors (Lipinski definition) is 2. The second kappa shape index (κ2) is 7.65. The van der Waals surface area contributed by atoms with Crippen LogP contribution < -0.4 is 4.90 Å². The summed E-state index contributed by atoms with van der Waals surface area (Å²) in [6.07, 6.45) is 1.18. The van der Waals surface area contributed by atoms with E-state index in [9.17, 15) is 0 Å². The van der Waals surface area contributed by atoms with Crippen molar-refractivity contribution < 1.29 is 0 Å². The van der Waals surface area contributed by atoms with Crippen molar-refractivity contribution in [1.82, 2.24) is 4.90 Å². The highest BCUT2D eigenvalue weighted by molar-refractivity contribution is 6.17. The van der Waals surface area contributed by atoms with E-state index in [4.69, 9.17) is 11.6 Å². The van der Waals surface area contributed by atoms with Gasteiger partial charge in [0.2, 0.25) is 0 Å². The highest BCUT2D eigenvalue weighted by Gasteiger charge is 2.09. The lowest BCUT2D eigenvalue weighted by molar-refractivity contribution is 0.400. The molecule has 0 heterocycles. The molecule has 0 unspecified atom stereocenters. The van der Waals surface area contributed by atoms with Crippen molar-refractivity contribution in [3.63, 3.8) is 0 Å². The van der Waals surface area contributed by atoms with Crippen molar-refractivity contribution in [2.45, 2.75) is 26.1 Å². The number of halogens is 1. The Balaban J connectivity index is 2.75. The number of aryl methyl sites for hydroxylation is 1. The van der Waals surface area contributed by atoms with Crippen LogP contribution in [0.15, 0.2) is 18.2 Å². The molecule has 0 spiro atoms. The maximum atomic E-state index is 6.05. The van der Waals surface area contributed by atoms with Gasteiger partial charge in [-0.2, -0.15) is 0 Å². The molecule has 1 aromatic rings. The lowest BCUT2D eigenvalue weighted by atomic mass is 10.1. The van der Waals surface area contributed by atoms with E-state index < -0.39 is 0 Å². The summed E-state index contributed by atoms with van der Waals surface area (Å²) in [6.45, 7) is 7.55. The summed E-state index contributed by atoms with van der Waals surface area (Å²) in [5.74, 6) is 0.585. The average molecular weight is 269 g/mol. The molecule has 18 heavy (non-hydrogen) atoms. The van der Waals surface area contributed by atoms with Gasteiger partial charge in [-0.05, 0) is 52.5 Å². The first-order valence-corrected chi connectivity index (χ1v) is 7.17. The summed E-state index contributed by atoms with van der Waals surface area (Å²) < 4.78 is 0. The van der Waals surface area contributed by atoms with E-state index in [1.165, 1.54) is 23.2 Å². The van der Waals surface area contributed by atoms with Crippen LogP contribution in [0.3, 0.4) is 0 Å². The topological polar surface area (TPSA) is 6.48 Å². The van der Waals surface area contributed by atoms with E-state index in [-0.39, 0.29) is 0 Å². The Hall–Kier alpha value is -0.730. The summed E-state index contributed by atoms with van der Waals surface area (Å²) in [6, 6.07) is 6.56. The van der Waals surface area contributed by atoms with E-state index in [0.717, 1.165) is 19.6 Å². The Morgan fingerprint density at radius 2 is 1.89 bits per heavy atom. The zero-order chi connectivity index (χ0) is 13.5. The number of benzene rings is 1. The standard InChI is InChI=1S/C15H25ClN2/c1-5-18(10-6-9-17(3)4)15-8-7-13(2)11-14(15)12-16/h7-8,11H,5-6,9-10,12H2,1-4H3. The van der Waals surface area contributed by atoms with Crippen LogP contribution in [0.25, 0.3) is 0 Å². The summed E-state index contributed by atoms with van der Waals surface area (Å²) >= 11 is 6.05. The van der Waals surface area contributed by atoms with Gasteiger partial charge in [0.1, 0.15) is 0 Å². The monoisotopic (exact) mass is 268 g/mol. The zero-order valence-electron chi connectivity index (χ0n) is 12.0. The van der Waals surface area contributed by atoms with Gasteiger partial charge in [0.05, 0.1) is 0 Å². The SMILES string of the molecule is CCN(CCCN(C)C)c1ccc(C)cc1CCl. The van der Waals surface area contributed by atoms with Crippen LogP contribution in [0, 0.1) is 6.92 Å². The van der Waals surface area contributed by atoms with Gasteiger partial charge < -0.3 is 9.80 Å². The Bertz CT molecular complexity index is 364. The van der Waals surface area contributed by atoms with Gasteiger partial charge in [-0.3, -0.25) is 0 Å². The molecule has 3 heteroatoms. The third-order valence-corrected chi connectivity index (χ3v) is 3.42. The smallest absolute Gasteiger partial charge is 0.0494 e. The van der Waals surface area contributed by atoms with E-state index in [2.05, 4.69) is 55.9 Å². The molecule has 0 aliphatic carbocycles. The van der Waals surface area contributed by atoms with Crippen molar-refractivity contribution in [3.8, 4) is 0 Å². The van der Waals surface area contributed by atoms with Crippen LogP contribution in [0.4, 0.5) is 5.69 Å². The lowest BCUT2D eigenvalue weighted by Crippen LogP contribution is -2.27. The first kappa shape index (κ1) is 15.3. The van der Waals surface area contributed by atoms with Crippen LogP contribution in [-0.2, 0) is 5.88 Å². The summed E-state index contributed by atoms with van der Waals surface area (Å²) in [5.41, 5.74) is 3.80. The van der Waals surface area contributed by atoms with Gasteiger partial charge in [-0.25, -0.2) is 0 Å². The van der Waals surface area contributed by atoms with Gasteiger partial charge >= 0.3 is 0 Å². The summed E-state index contributed by atoms with van der Waals surface area (Å²) in [5, 5.41) is 0. The largest absolute Gasteiger partial charge is 0.372 e. The van der Waals surface area contributed by atoms with Crippen molar-refractivity contribution in [3.05, 3.63) is 29.3 Å². The number of anilines is 1. The maximum absolute atomic E-state index is 6.05. The molecule has 0 radical (unpaired) electrons. The van der Waals surface area contributed by atoms with Gasteiger partial charge in [0.15, 0.2) is 0 Å². The third-order valence-electron chi connectivity index (χ3n) is 3.13. The van der Waals surface area contributed by atoms with Crippen LogP contribution in [0.5, 0.6) is 0 Å². The molecule has 0 fully saturated rings. The third kappa shape index (κ3) is 4.51. The number of rotatable bonds is 7. The molecular formula is C15H25ClN2. The van der Waals surface area contributed by atoms with Crippen molar-refractivity contribution in [2.24, 2.45) is 0 Å². The summed E-state index contributed by atoms with van der Waals surface area (Å²) in [4.78, 5) is 4.64. The highest BCUT2D eigenvalue weighted by atomic mass is 35.5. The van der Waals surface area contributed by atoms with E-state index in [1.54, 1.807) is 0 Å². The maximum Gasteiger partial charge on any atom is 0.0494 e. The lowest BCUT2D eigenvalue weighted by Gasteiger charge is -2.26. The molecule has 0 aliphatic heterocycles. The number of nitrogens with zero attached hydrogens (tertiary/aromatic N) is 2. The number of alkyl halides is 1. The molecule has 0 amide bonds. The number of hydrogen-bond donors (Lipinski definition) is 0. The van der Waals surface area contributed by atoms with Crippen molar-refractivity contribution >= 4 is 17.3 Å². The minimum atomic E-state index is 0.585. The van der Waals surface area contributed by atoms with Gasteiger partial charge in [0.25, 0.3) is 0 Å². The van der Waals surface area contributed by atoms with Crippen LogP contribution >= 0.6 is 11.6 Å². The normalized spacial score (nSPS) is 11.0. The average Bonchev–Trinajstić information content (AvgIpc) is 2.34. The first-order valence-electron chi connectivity index (χ1n) is 6.63. The fourth-order valence-electron chi connectivity index (χ4n) is 2.16. The minimum Gasteiger partial charge on any atom is -0.372 e. The van der Waals surface area contributed by atoms with Gasteiger partial charge in [-0.1, -0.05) is 17.7 Å². The molecule has 102 valence electrons. The van der Waals surface area contributed by atoms with Crippen molar-refractivity contribution in [2.75, 3.05) is 38.6 Å². The Labute approximate surface area is 117 Å². The fourth-order valence-corrected chi connectivity index (χ4v) is 2.37. The summed E-state index contributed by atoms with van der Waals surface area (Å²) in [7, 11) is 4.23.